The Labute approximate surface area is 192 Å². The van der Waals surface area contributed by atoms with Crippen molar-refractivity contribution in [1.82, 2.24) is 24.9 Å². The van der Waals surface area contributed by atoms with Gasteiger partial charge in [0.1, 0.15) is 17.8 Å². The van der Waals surface area contributed by atoms with E-state index >= 15 is 0 Å². The van der Waals surface area contributed by atoms with E-state index in [1.165, 1.54) is 0 Å². The van der Waals surface area contributed by atoms with Gasteiger partial charge in [-0.05, 0) is 59.8 Å². The number of fused-ring (bicyclic) bond motifs is 1. The molecule has 10 nitrogen and oxygen atoms in total. The second-order valence-electron chi connectivity index (χ2n) is 9.51. The highest BCUT2D eigenvalue weighted by atomic mass is 16.6. The molecular weight excluding hydrogens is 426 g/mol. The number of hydrogen-bond acceptors (Lipinski definition) is 9. The number of ether oxygens (including phenoxy) is 2. The Balaban J connectivity index is 1.32. The third kappa shape index (κ3) is 5.88. The molecule has 0 aliphatic carbocycles. The number of nitrogens with zero attached hydrogens (tertiary/aromatic N) is 5. The highest BCUT2D eigenvalue weighted by Crippen LogP contribution is 2.29. The maximum Gasteiger partial charge on any atom is 0.410 e. The maximum atomic E-state index is 12.2. The summed E-state index contributed by atoms with van der Waals surface area (Å²) >= 11 is 0. The highest BCUT2D eigenvalue weighted by Gasteiger charge is 2.27. The van der Waals surface area contributed by atoms with Crippen molar-refractivity contribution in [2.24, 2.45) is 0 Å². The monoisotopic (exact) mass is 457 g/mol. The number of piperidine rings is 1. The van der Waals surface area contributed by atoms with Crippen LogP contribution < -0.4 is 0 Å². The molecule has 4 heterocycles. The predicted octanol–water partition coefficient (Wildman–Crippen LogP) is 3.86. The number of amides is 1. The van der Waals surface area contributed by atoms with Gasteiger partial charge in [-0.1, -0.05) is 5.16 Å². The largest absolute Gasteiger partial charge is 0.451 e. The molecule has 1 aliphatic heterocycles. The predicted molar refractivity (Wildman–Crippen MR) is 120 cm³/mol. The Morgan fingerprint density at radius 1 is 1.27 bits per heavy atom. The quantitative estimate of drug-likeness (QED) is 0.545. The van der Waals surface area contributed by atoms with E-state index < -0.39 is 5.60 Å². The average Bonchev–Trinajstić information content (AvgIpc) is 3.38. The first-order valence-corrected chi connectivity index (χ1v) is 11.1. The lowest BCUT2D eigenvalue weighted by Gasteiger charge is -2.33. The van der Waals surface area contributed by atoms with Crippen molar-refractivity contribution in [2.45, 2.75) is 58.5 Å². The van der Waals surface area contributed by atoms with Crippen LogP contribution in [0.15, 0.2) is 27.3 Å². The summed E-state index contributed by atoms with van der Waals surface area (Å²) in [5.41, 5.74) is 1.16. The second-order valence-corrected chi connectivity index (χ2v) is 9.51. The Kier molecular flexibility index (Phi) is 6.66. The number of likely N-dealkylation sites (tertiary alicyclic amines) is 1. The molecule has 1 aliphatic rings. The first kappa shape index (κ1) is 23.2. The van der Waals surface area contributed by atoms with Crippen molar-refractivity contribution in [1.29, 1.82) is 0 Å². The van der Waals surface area contributed by atoms with Gasteiger partial charge in [-0.3, -0.25) is 4.98 Å². The molecular formula is C23H31N5O5. The SMILES string of the molecule is CN(C)Cc1nccc2oc(-c3nc(COC4CCN(C(=O)OC(C)(C)C)CC4)no3)cc12. The summed E-state index contributed by atoms with van der Waals surface area (Å²) < 4.78 is 22.7. The third-order valence-electron chi connectivity index (χ3n) is 5.21. The maximum absolute atomic E-state index is 12.2. The molecule has 3 aromatic rings. The van der Waals surface area contributed by atoms with Crippen LogP contribution in [0, 0.1) is 0 Å². The van der Waals surface area contributed by atoms with Gasteiger partial charge in [-0.15, -0.1) is 0 Å². The lowest BCUT2D eigenvalue weighted by molar-refractivity contribution is -0.0190. The number of hydrogen-bond donors (Lipinski definition) is 0. The molecule has 0 aromatic carbocycles. The van der Waals surface area contributed by atoms with Crippen molar-refractivity contribution >= 4 is 17.1 Å². The van der Waals surface area contributed by atoms with Crippen LogP contribution in [0.2, 0.25) is 0 Å². The van der Waals surface area contributed by atoms with Crippen LogP contribution in [0.5, 0.6) is 0 Å². The van der Waals surface area contributed by atoms with Crippen LogP contribution in [0.3, 0.4) is 0 Å². The van der Waals surface area contributed by atoms with E-state index in [0.29, 0.717) is 37.1 Å². The fourth-order valence-corrected chi connectivity index (χ4v) is 3.69. The molecule has 0 bridgehead atoms. The van der Waals surface area contributed by atoms with Crippen LogP contribution in [-0.4, -0.2) is 69.9 Å². The molecule has 0 atom stereocenters. The topological polar surface area (TPSA) is 107 Å². The molecule has 0 radical (unpaired) electrons. The lowest BCUT2D eigenvalue weighted by atomic mass is 10.1. The molecule has 10 heteroatoms. The van der Waals surface area contributed by atoms with E-state index in [1.807, 2.05) is 47.0 Å². The second kappa shape index (κ2) is 9.48. The molecule has 178 valence electrons. The summed E-state index contributed by atoms with van der Waals surface area (Å²) in [6.45, 7) is 7.72. The van der Waals surface area contributed by atoms with Crippen LogP contribution >= 0.6 is 0 Å². The first-order chi connectivity index (χ1) is 15.7. The van der Waals surface area contributed by atoms with Gasteiger partial charge in [0.15, 0.2) is 11.6 Å². The molecule has 0 saturated carbocycles. The van der Waals surface area contributed by atoms with E-state index in [1.54, 1.807) is 11.1 Å². The Hall–Kier alpha value is -2.98. The van der Waals surface area contributed by atoms with Gasteiger partial charge in [0.05, 0.1) is 11.8 Å². The van der Waals surface area contributed by atoms with E-state index in [9.17, 15) is 4.79 Å². The summed E-state index contributed by atoms with van der Waals surface area (Å²) in [5.74, 6) is 1.26. The van der Waals surface area contributed by atoms with Crippen molar-refractivity contribution in [3.63, 3.8) is 0 Å². The van der Waals surface area contributed by atoms with Gasteiger partial charge in [0.25, 0.3) is 5.89 Å². The lowest BCUT2D eigenvalue weighted by Crippen LogP contribution is -2.43. The molecule has 1 fully saturated rings. The smallest absolute Gasteiger partial charge is 0.410 e. The minimum absolute atomic E-state index is 0.0245. The highest BCUT2D eigenvalue weighted by molar-refractivity contribution is 5.83. The molecule has 0 spiro atoms. The fraction of sp³-hybridized carbons (Fsp3) is 0.565. The van der Waals surface area contributed by atoms with Gasteiger partial charge >= 0.3 is 6.09 Å². The molecule has 1 amide bonds. The van der Waals surface area contributed by atoms with Gasteiger partial charge in [0.2, 0.25) is 0 Å². The van der Waals surface area contributed by atoms with Crippen molar-refractivity contribution in [3.05, 3.63) is 29.8 Å². The van der Waals surface area contributed by atoms with E-state index in [4.69, 9.17) is 18.4 Å². The van der Waals surface area contributed by atoms with Crippen LogP contribution in [0.4, 0.5) is 4.79 Å². The molecule has 4 rings (SSSR count). The third-order valence-corrected chi connectivity index (χ3v) is 5.21. The number of aromatic nitrogens is 3. The van der Waals surface area contributed by atoms with Crippen molar-refractivity contribution in [2.75, 3.05) is 27.2 Å². The van der Waals surface area contributed by atoms with Gasteiger partial charge in [-0.25, -0.2) is 4.79 Å². The van der Waals surface area contributed by atoms with Gasteiger partial charge < -0.3 is 28.2 Å². The van der Waals surface area contributed by atoms with E-state index in [2.05, 4.69) is 20.0 Å². The summed E-state index contributed by atoms with van der Waals surface area (Å²) in [7, 11) is 3.99. The van der Waals surface area contributed by atoms with Gasteiger partial charge in [0, 0.05) is 31.2 Å². The molecule has 1 saturated heterocycles. The zero-order valence-corrected chi connectivity index (χ0v) is 19.8. The van der Waals surface area contributed by atoms with Gasteiger partial charge in [-0.2, -0.15) is 4.98 Å². The molecule has 0 unspecified atom stereocenters. The Morgan fingerprint density at radius 2 is 2.03 bits per heavy atom. The normalized spacial score (nSPS) is 15.5. The molecule has 33 heavy (non-hydrogen) atoms. The van der Waals surface area contributed by atoms with Crippen molar-refractivity contribution in [3.8, 4) is 11.7 Å². The average molecular weight is 458 g/mol. The molecule has 0 N–H and O–H groups in total. The zero-order chi connectivity index (χ0) is 23.6. The van der Waals surface area contributed by atoms with Crippen LogP contribution in [-0.2, 0) is 22.6 Å². The summed E-state index contributed by atoms with van der Waals surface area (Å²) in [6, 6.07) is 3.70. The van der Waals surface area contributed by atoms with Crippen LogP contribution in [0.1, 0.15) is 45.1 Å². The number of carbonyl (C=O) groups is 1. The van der Waals surface area contributed by atoms with E-state index in [0.717, 1.165) is 29.5 Å². The fourth-order valence-electron chi connectivity index (χ4n) is 3.69. The first-order valence-electron chi connectivity index (χ1n) is 11.1. The zero-order valence-electron chi connectivity index (χ0n) is 19.8. The number of rotatable bonds is 6. The number of carbonyl (C=O) groups excluding carboxylic acids is 1. The number of pyridine rings is 1. The minimum atomic E-state index is -0.495. The summed E-state index contributed by atoms with van der Waals surface area (Å²) in [4.78, 5) is 24.8. The molecule has 3 aromatic heterocycles. The van der Waals surface area contributed by atoms with Crippen molar-refractivity contribution < 1.29 is 23.2 Å². The van der Waals surface area contributed by atoms with Crippen LogP contribution in [0.25, 0.3) is 22.6 Å². The Morgan fingerprint density at radius 3 is 2.73 bits per heavy atom. The summed E-state index contributed by atoms with van der Waals surface area (Å²) in [6.07, 6.45) is 2.94. The standard InChI is InChI=1S/C23H31N5O5/c1-23(2,3)32-22(29)28-10-7-15(8-11-28)30-14-20-25-21(33-26-20)19-12-16-17(13-27(4)5)24-9-6-18(16)31-19/h6,9,12,15H,7-8,10-11,13-14H2,1-5H3. The minimum Gasteiger partial charge on any atom is -0.451 e. The number of furan rings is 1. The summed E-state index contributed by atoms with van der Waals surface area (Å²) in [5, 5.41) is 4.95. The van der Waals surface area contributed by atoms with E-state index in [-0.39, 0.29) is 18.8 Å². The Bertz CT molecular complexity index is 1090.